The maximum atomic E-state index is 12.5. The monoisotopic (exact) mass is 846 g/mol. The molecule has 3 amide bonds. The highest BCUT2D eigenvalue weighted by Gasteiger charge is 2.31. The van der Waals surface area contributed by atoms with E-state index >= 15 is 0 Å². The van der Waals surface area contributed by atoms with Gasteiger partial charge in [-0.2, -0.15) is 0 Å². The average Bonchev–Trinajstić information content (AvgIpc) is 3.94. The van der Waals surface area contributed by atoms with E-state index in [1.165, 1.54) is 103 Å². The number of nitrogens with one attached hydrogen (secondary N) is 3. The van der Waals surface area contributed by atoms with E-state index < -0.39 is 6.10 Å². The van der Waals surface area contributed by atoms with Crippen LogP contribution in [0.1, 0.15) is 212 Å². The van der Waals surface area contributed by atoms with Crippen LogP contribution in [0.4, 0.5) is 0 Å². The van der Waals surface area contributed by atoms with Crippen LogP contribution in [0.15, 0.2) is 12.2 Å². The molecule has 4 aliphatic carbocycles. The lowest BCUT2D eigenvalue weighted by Crippen LogP contribution is -2.48. The number of ether oxygens (including phenoxy) is 3. The van der Waals surface area contributed by atoms with E-state index in [4.69, 9.17) is 14.2 Å². The van der Waals surface area contributed by atoms with Crippen LogP contribution in [0.3, 0.4) is 0 Å². The first-order valence-corrected chi connectivity index (χ1v) is 24.2. The summed E-state index contributed by atoms with van der Waals surface area (Å²) in [5.41, 5.74) is 0.475. The van der Waals surface area contributed by atoms with Crippen molar-refractivity contribution < 1.29 is 28.6 Å². The summed E-state index contributed by atoms with van der Waals surface area (Å²) >= 11 is 0. The SMILES string of the molecule is C=C(C)CC(OCC1CCCC1)C(=O)NC(C)(C)C.CC(C)(C)CC(OCC1CCCC1)C(=O)NC(C)(C)C.CC(C)(C)NC(=O)C(CC1CCCC1)OCC1CCCC1. The molecule has 3 N–H and O–H groups in total. The van der Waals surface area contributed by atoms with Gasteiger partial charge in [-0.3, -0.25) is 14.4 Å². The summed E-state index contributed by atoms with van der Waals surface area (Å²) in [5.74, 6) is 2.75. The van der Waals surface area contributed by atoms with E-state index in [-0.39, 0.29) is 52.0 Å². The van der Waals surface area contributed by atoms with E-state index in [1.54, 1.807) is 0 Å². The van der Waals surface area contributed by atoms with Crippen LogP contribution in [-0.2, 0) is 28.6 Å². The topological polar surface area (TPSA) is 115 Å². The second kappa shape index (κ2) is 26.0. The van der Waals surface area contributed by atoms with Gasteiger partial charge in [-0.1, -0.05) is 90.6 Å². The fraction of sp³-hybridized carbons (Fsp3) is 0.902. The highest BCUT2D eigenvalue weighted by molar-refractivity contribution is 5.82. The molecule has 3 atom stereocenters. The summed E-state index contributed by atoms with van der Waals surface area (Å²) in [4.78, 5) is 37.1. The van der Waals surface area contributed by atoms with Gasteiger partial charge in [0.25, 0.3) is 0 Å². The molecule has 0 aromatic rings. The molecule has 0 saturated heterocycles. The van der Waals surface area contributed by atoms with Gasteiger partial charge in [0.05, 0.1) is 19.8 Å². The molecule has 350 valence electrons. The minimum Gasteiger partial charge on any atom is -0.368 e. The van der Waals surface area contributed by atoms with Crippen molar-refractivity contribution in [2.45, 2.75) is 247 Å². The minimum absolute atomic E-state index is 0.0199. The van der Waals surface area contributed by atoms with Crippen molar-refractivity contribution in [1.29, 1.82) is 0 Å². The molecule has 0 bridgehead atoms. The first kappa shape index (κ1) is 54.2. The van der Waals surface area contributed by atoms with Gasteiger partial charge in [0, 0.05) is 23.0 Å². The Morgan fingerprint density at radius 2 is 0.767 bits per heavy atom. The average molecular weight is 846 g/mol. The number of hydrogen-bond donors (Lipinski definition) is 3. The molecule has 4 rings (SSSR count). The van der Waals surface area contributed by atoms with Crippen LogP contribution in [0, 0.1) is 29.1 Å². The molecular formula is C51H95N3O6. The summed E-state index contributed by atoms with van der Waals surface area (Å²) in [6, 6.07) is 0. The van der Waals surface area contributed by atoms with Gasteiger partial charge in [0.15, 0.2) is 0 Å². The quantitative estimate of drug-likeness (QED) is 0.126. The predicted octanol–water partition coefficient (Wildman–Crippen LogP) is 11.4. The molecule has 0 heterocycles. The Morgan fingerprint density at radius 3 is 1.08 bits per heavy atom. The number of rotatable bonds is 17. The Balaban J connectivity index is 0.000000311. The Bertz CT molecular complexity index is 1250. The van der Waals surface area contributed by atoms with Crippen LogP contribution in [0.25, 0.3) is 0 Å². The fourth-order valence-electron chi connectivity index (χ4n) is 8.76. The number of hydrogen-bond acceptors (Lipinski definition) is 6. The normalized spacial score (nSPS) is 20.1. The van der Waals surface area contributed by atoms with Gasteiger partial charge in [0.2, 0.25) is 17.7 Å². The molecule has 4 aliphatic rings. The van der Waals surface area contributed by atoms with Gasteiger partial charge >= 0.3 is 0 Å². The van der Waals surface area contributed by atoms with Crippen molar-refractivity contribution in [3.05, 3.63) is 12.2 Å². The zero-order chi connectivity index (χ0) is 45.1. The highest BCUT2D eigenvalue weighted by atomic mass is 16.5. The number of amides is 3. The summed E-state index contributed by atoms with van der Waals surface area (Å²) in [6.45, 7) is 32.6. The second-order valence-corrected chi connectivity index (χ2v) is 23.4. The van der Waals surface area contributed by atoms with E-state index in [9.17, 15) is 14.4 Å². The Morgan fingerprint density at radius 1 is 0.483 bits per heavy atom. The van der Waals surface area contributed by atoms with Crippen LogP contribution >= 0.6 is 0 Å². The first-order valence-electron chi connectivity index (χ1n) is 24.2. The third-order valence-electron chi connectivity index (χ3n) is 11.7. The lowest BCUT2D eigenvalue weighted by Gasteiger charge is -2.29. The molecule has 9 nitrogen and oxygen atoms in total. The Labute approximate surface area is 369 Å². The van der Waals surface area contributed by atoms with Crippen molar-refractivity contribution in [3.63, 3.8) is 0 Å². The lowest BCUT2D eigenvalue weighted by molar-refractivity contribution is -0.137. The highest BCUT2D eigenvalue weighted by Crippen LogP contribution is 2.32. The smallest absolute Gasteiger partial charge is 0.249 e. The van der Waals surface area contributed by atoms with E-state index in [2.05, 4.69) is 43.3 Å². The Kier molecular flexibility index (Phi) is 23.4. The molecule has 3 unspecified atom stereocenters. The summed E-state index contributed by atoms with van der Waals surface area (Å²) in [7, 11) is 0. The molecule has 0 spiro atoms. The van der Waals surface area contributed by atoms with Crippen molar-refractivity contribution in [3.8, 4) is 0 Å². The molecule has 0 aliphatic heterocycles. The molecule has 9 heteroatoms. The van der Waals surface area contributed by atoms with Gasteiger partial charge < -0.3 is 30.2 Å². The zero-order valence-corrected chi connectivity index (χ0v) is 41.3. The van der Waals surface area contributed by atoms with Crippen LogP contribution in [-0.4, -0.2) is 72.5 Å². The summed E-state index contributed by atoms with van der Waals surface area (Å²) in [6.07, 6.45) is 21.9. The minimum atomic E-state index is -0.391. The Hall–Kier alpha value is -1.97. The molecule has 0 aromatic carbocycles. The molecular weight excluding hydrogens is 751 g/mol. The lowest BCUT2D eigenvalue weighted by atomic mass is 9.88. The molecule has 0 radical (unpaired) electrons. The number of carbonyl (C=O) groups is 3. The second-order valence-electron chi connectivity index (χ2n) is 23.4. The van der Waals surface area contributed by atoms with Crippen molar-refractivity contribution >= 4 is 17.7 Å². The third kappa shape index (κ3) is 25.8. The van der Waals surface area contributed by atoms with Crippen molar-refractivity contribution in [2.24, 2.45) is 29.1 Å². The van der Waals surface area contributed by atoms with Crippen LogP contribution < -0.4 is 16.0 Å². The standard InChI is InChI=1S/C18H33NO2.C17H33NO2.C16H29NO2/c1-18(2,3)19-17(20)16(12-14-8-4-5-9-14)21-13-15-10-6-7-11-15;1-16(2,3)11-14(15(19)18-17(4,5)6)20-12-13-9-7-8-10-13;1-12(2)10-14(15(18)17-16(3,4)5)19-11-13-8-6-7-9-13/h14-16H,4-13H2,1-3H3,(H,19,20);13-14H,7-12H2,1-6H3,(H,18,19);13-14H,1,6-11H2,2-5H3,(H,17,18). The maximum absolute atomic E-state index is 12.5. The molecule has 0 aromatic heterocycles. The van der Waals surface area contributed by atoms with Crippen molar-refractivity contribution in [1.82, 2.24) is 16.0 Å². The number of carbonyl (C=O) groups excluding carboxylic acids is 3. The fourth-order valence-corrected chi connectivity index (χ4v) is 8.76. The predicted molar refractivity (Wildman–Crippen MR) is 249 cm³/mol. The van der Waals surface area contributed by atoms with Gasteiger partial charge in [-0.05, 0) is 150 Å². The third-order valence-corrected chi connectivity index (χ3v) is 11.7. The zero-order valence-electron chi connectivity index (χ0n) is 41.3. The van der Waals surface area contributed by atoms with Gasteiger partial charge in [-0.25, -0.2) is 0 Å². The first-order chi connectivity index (χ1) is 27.8. The van der Waals surface area contributed by atoms with Gasteiger partial charge in [0.1, 0.15) is 18.3 Å². The van der Waals surface area contributed by atoms with Gasteiger partial charge in [-0.15, -0.1) is 6.58 Å². The molecule has 60 heavy (non-hydrogen) atoms. The summed E-state index contributed by atoms with van der Waals surface area (Å²) in [5, 5.41) is 9.15. The largest absolute Gasteiger partial charge is 0.368 e. The summed E-state index contributed by atoms with van der Waals surface area (Å²) < 4.78 is 18.0. The van der Waals surface area contributed by atoms with Crippen LogP contribution in [0.5, 0.6) is 0 Å². The van der Waals surface area contributed by atoms with E-state index in [0.717, 1.165) is 31.6 Å². The van der Waals surface area contributed by atoms with E-state index in [1.807, 2.05) is 69.2 Å². The molecule has 4 saturated carbocycles. The van der Waals surface area contributed by atoms with E-state index in [0.29, 0.717) is 36.7 Å². The van der Waals surface area contributed by atoms with Crippen LogP contribution in [0.2, 0.25) is 0 Å². The molecule has 4 fully saturated rings. The van der Waals surface area contributed by atoms with Crippen molar-refractivity contribution in [2.75, 3.05) is 19.8 Å². The maximum Gasteiger partial charge on any atom is 0.249 e.